The Morgan fingerprint density at radius 2 is 1.59 bits per heavy atom. The standard InChI is InChI=1S/C22H26N2O3/c1-3-5-14-23(4-2)19(25)13-8-15-24-21(26)17-11-6-9-16-10-7-12-18(20(16)17)22(24)27/h6-7,9-12H,3-5,8,13-15H2,1-2H3. The molecule has 0 atom stereocenters. The van der Waals surface area contributed by atoms with Gasteiger partial charge in [-0.15, -0.1) is 0 Å². The first-order valence-electron chi connectivity index (χ1n) is 9.74. The lowest BCUT2D eigenvalue weighted by atomic mass is 9.94. The summed E-state index contributed by atoms with van der Waals surface area (Å²) in [6, 6.07) is 11.0. The van der Waals surface area contributed by atoms with Crippen LogP contribution in [0.1, 0.15) is 60.2 Å². The molecule has 5 nitrogen and oxygen atoms in total. The average Bonchev–Trinajstić information content (AvgIpc) is 2.69. The van der Waals surface area contributed by atoms with Crippen molar-refractivity contribution in [3.63, 3.8) is 0 Å². The summed E-state index contributed by atoms with van der Waals surface area (Å²) in [4.78, 5) is 41.2. The second kappa shape index (κ2) is 8.33. The molecule has 1 aliphatic heterocycles. The number of amides is 3. The maximum atomic E-state index is 12.8. The summed E-state index contributed by atoms with van der Waals surface area (Å²) in [7, 11) is 0. The Morgan fingerprint density at radius 1 is 0.963 bits per heavy atom. The lowest BCUT2D eigenvalue weighted by molar-refractivity contribution is -0.131. The molecule has 0 unspecified atom stereocenters. The minimum Gasteiger partial charge on any atom is -0.343 e. The normalized spacial score (nSPS) is 13.3. The Morgan fingerprint density at radius 3 is 2.15 bits per heavy atom. The van der Waals surface area contributed by atoms with Crippen LogP contribution in [0.2, 0.25) is 0 Å². The molecule has 3 rings (SSSR count). The molecule has 142 valence electrons. The van der Waals surface area contributed by atoms with Crippen molar-refractivity contribution >= 4 is 28.5 Å². The summed E-state index contributed by atoms with van der Waals surface area (Å²) in [5.41, 5.74) is 1.12. The highest BCUT2D eigenvalue weighted by atomic mass is 16.2. The summed E-state index contributed by atoms with van der Waals surface area (Å²) < 4.78 is 0. The van der Waals surface area contributed by atoms with E-state index < -0.39 is 0 Å². The van der Waals surface area contributed by atoms with Gasteiger partial charge >= 0.3 is 0 Å². The van der Waals surface area contributed by atoms with Gasteiger partial charge in [0.05, 0.1) is 0 Å². The van der Waals surface area contributed by atoms with Crippen molar-refractivity contribution in [2.24, 2.45) is 0 Å². The lowest BCUT2D eigenvalue weighted by Crippen LogP contribution is -2.41. The third kappa shape index (κ3) is 3.72. The van der Waals surface area contributed by atoms with Crippen molar-refractivity contribution in [3.8, 4) is 0 Å². The van der Waals surface area contributed by atoms with Gasteiger partial charge in [-0.3, -0.25) is 19.3 Å². The molecule has 0 radical (unpaired) electrons. The maximum Gasteiger partial charge on any atom is 0.261 e. The van der Waals surface area contributed by atoms with Gasteiger partial charge in [0.2, 0.25) is 5.91 Å². The molecule has 0 saturated carbocycles. The van der Waals surface area contributed by atoms with Gasteiger partial charge in [-0.25, -0.2) is 0 Å². The van der Waals surface area contributed by atoms with Crippen molar-refractivity contribution < 1.29 is 14.4 Å². The Balaban J connectivity index is 1.69. The molecule has 0 N–H and O–H groups in total. The number of hydrogen-bond acceptors (Lipinski definition) is 3. The molecule has 2 aromatic rings. The molecular formula is C22H26N2O3. The zero-order chi connectivity index (χ0) is 19.4. The monoisotopic (exact) mass is 366 g/mol. The molecule has 1 aliphatic rings. The highest BCUT2D eigenvalue weighted by Gasteiger charge is 2.32. The number of nitrogens with zero attached hydrogens (tertiary/aromatic N) is 2. The predicted octanol–water partition coefficient (Wildman–Crippen LogP) is 3.86. The zero-order valence-electron chi connectivity index (χ0n) is 16.0. The molecule has 0 spiro atoms. The maximum absolute atomic E-state index is 12.8. The van der Waals surface area contributed by atoms with E-state index in [-0.39, 0.29) is 24.3 Å². The second-order valence-corrected chi connectivity index (χ2v) is 6.90. The number of carbonyl (C=O) groups is 3. The molecule has 0 bridgehead atoms. The molecule has 0 aromatic heterocycles. The second-order valence-electron chi connectivity index (χ2n) is 6.90. The topological polar surface area (TPSA) is 57.7 Å². The Hall–Kier alpha value is -2.69. The fraction of sp³-hybridized carbons (Fsp3) is 0.409. The Bertz CT molecular complexity index is 824. The van der Waals surface area contributed by atoms with E-state index in [2.05, 4.69) is 6.92 Å². The lowest BCUT2D eigenvalue weighted by Gasteiger charge is -2.27. The summed E-state index contributed by atoms with van der Waals surface area (Å²) in [5.74, 6) is -0.449. The number of benzene rings is 2. The van der Waals surface area contributed by atoms with Crippen molar-refractivity contribution in [1.82, 2.24) is 9.80 Å². The van der Waals surface area contributed by atoms with Gasteiger partial charge in [-0.1, -0.05) is 37.6 Å². The van der Waals surface area contributed by atoms with Crippen LogP contribution in [0.25, 0.3) is 10.8 Å². The van der Waals surface area contributed by atoms with Crippen LogP contribution < -0.4 is 0 Å². The highest BCUT2D eigenvalue weighted by molar-refractivity contribution is 6.25. The van der Waals surface area contributed by atoms with Crippen LogP contribution in [0.5, 0.6) is 0 Å². The molecule has 1 heterocycles. The minimum absolute atomic E-state index is 0.0883. The van der Waals surface area contributed by atoms with Crippen LogP contribution >= 0.6 is 0 Å². The van der Waals surface area contributed by atoms with Crippen molar-refractivity contribution in [1.29, 1.82) is 0 Å². The molecule has 0 aliphatic carbocycles. The smallest absolute Gasteiger partial charge is 0.261 e. The predicted molar refractivity (Wildman–Crippen MR) is 106 cm³/mol. The third-order valence-electron chi connectivity index (χ3n) is 5.14. The molecule has 5 heteroatoms. The number of imide groups is 1. The molecule has 0 fully saturated rings. The van der Waals surface area contributed by atoms with E-state index in [0.717, 1.165) is 30.2 Å². The first kappa shape index (κ1) is 19.1. The van der Waals surface area contributed by atoms with Gasteiger partial charge in [0, 0.05) is 42.6 Å². The van der Waals surface area contributed by atoms with E-state index in [1.807, 2.05) is 36.1 Å². The third-order valence-corrected chi connectivity index (χ3v) is 5.14. The largest absolute Gasteiger partial charge is 0.343 e. The van der Waals surface area contributed by atoms with Crippen LogP contribution in [-0.4, -0.2) is 47.2 Å². The molecule has 2 aromatic carbocycles. The van der Waals surface area contributed by atoms with Crippen LogP contribution in [0.15, 0.2) is 36.4 Å². The number of unbranched alkanes of at least 4 members (excludes halogenated alkanes) is 1. The molecule has 3 amide bonds. The van der Waals surface area contributed by atoms with E-state index >= 15 is 0 Å². The summed E-state index contributed by atoms with van der Waals surface area (Å²) in [6.07, 6.45) is 2.87. The van der Waals surface area contributed by atoms with Crippen molar-refractivity contribution in [3.05, 3.63) is 47.5 Å². The van der Waals surface area contributed by atoms with Crippen LogP contribution in [-0.2, 0) is 4.79 Å². The summed E-state index contributed by atoms with van der Waals surface area (Å²) in [5, 5.41) is 1.63. The Labute approximate surface area is 159 Å². The molecule has 0 saturated heterocycles. The van der Waals surface area contributed by atoms with Gasteiger partial charge in [0.15, 0.2) is 0 Å². The van der Waals surface area contributed by atoms with Gasteiger partial charge in [-0.2, -0.15) is 0 Å². The van der Waals surface area contributed by atoms with E-state index in [4.69, 9.17) is 0 Å². The quantitative estimate of drug-likeness (QED) is 0.667. The van der Waals surface area contributed by atoms with Gasteiger partial charge in [0.1, 0.15) is 0 Å². The van der Waals surface area contributed by atoms with E-state index in [0.29, 0.717) is 30.5 Å². The average molecular weight is 366 g/mol. The van der Waals surface area contributed by atoms with E-state index in [9.17, 15) is 14.4 Å². The zero-order valence-corrected chi connectivity index (χ0v) is 16.0. The summed E-state index contributed by atoms with van der Waals surface area (Å²) in [6.45, 7) is 5.80. The Kier molecular flexibility index (Phi) is 5.89. The molecule has 27 heavy (non-hydrogen) atoms. The fourth-order valence-corrected chi connectivity index (χ4v) is 3.64. The van der Waals surface area contributed by atoms with Crippen LogP contribution in [0.3, 0.4) is 0 Å². The van der Waals surface area contributed by atoms with Crippen molar-refractivity contribution in [2.45, 2.75) is 39.5 Å². The number of rotatable bonds is 8. The first-order valence-corrected chi connectivity index (χ1v) is 9.74. The van der Waals surface area contributed by atoms with E-state index in [1.165, 1.54) is 4.90 Å². The van der Waals surface area contributed by atoms with Gasteiger partial charge in [0.25, 0.3) is 11.8 Å². The SMILES string of the molecule is CCCCN(CC)C(=O)CCCN1C(=O)c2cccc3cccc(c23)C1=O. The first-order chi connectivity index (χ1) is 13.1. The number of hydrogen-bond donors (Lipinski definition) is 0. The van der Waals surface area contributed by atoms with Crippen LogP contribution in [0.4, 0.5) is 0 Å². The van der Waals surface area contributed by atoms with Gasteiger partial charge < -0.3 is 4.90 Å². The summed E-state index contributed by atoms with van der Waals surface area (Å²) >= 11 is 0. The molecular weight excluding hydrogens is 340 g/mol. The van der Waals surface area contributed by atoms with Gasteiger partial charge in [-0.05, 0) is 37.3 Å². The highest BCUT2D eigenvalue weighted by Crippen LogP contribution is 2.30. The van der Waals surface area contributed by atoms with E-state index in [1.54, 1.807) is 12.1 Å². The minimum atomic E-state index is -0.268. The number of carbonyl (C=O) groups excluding carboxylic acids is 3. The fourth-order valence-electron chi connectivity index (χ4n) is 3.64. The van der Waals surface area contributed by atoms with Crippen molar-refractivity contribution in [2.75, 3.05) is 19.6 Å². The van der Waals surface area contributed by atoms with Crippen LogP contribution in [0, 0.1) is 0 Å².